The van der Waals surface area contributed by atoms with Gasteiger partial charge in [-0.05, 0) is 31.1 Å². The highest BCUT2D eigenvalue weighted by molar-refractivity contribution is 5.79. The van der Waals surface area contributed by atoms with E-state index in [4.69, 9.17) is 0 Å². The van der Waals surface area contributed by atoms with Gasteiger partial charge >= 0.3 is 0 Å². The third-order valence-corrected chi connectivity index (χ3v) is 4.18. The largest absolute Gasteiger partial charge is 0.356 e. The van der Waals surface area contributed by atoms with Crippen LogP contribution in [0.15, 0.2) is 4.99 Å². The molecule has 1 rings (SSSR count). The number of amides is 1. The Morgan fingerprint density at radius 1 is 1.05 bits per heavy atom. The molecule has 0 radical (unpaired) electrons. The summed E-state index contributed by atoms with van der Waals surface area (Å²) < 4.78 is 0. The van der Waals surface area contributed by atoms with Crippen molar-refractivity contribution in [2.45, 2.75) is 58.8 Å². The van der Waals surface area contributed by atoms with Crippen LogP contribution in [0, 0.1) is 11.8 Å². The molecule has 3 N–H and O–H groups in total. The zero-order chi connectivity index (χ0) is 16.2. The molecule has 1 amide bonds. The second kappa shape index (κ2) is 11.3. The van der Waals surface area contributed by atoms with Crippen molar-refractivity contribution < 1.29 is 4.79 Å². The molecule has 5 nitrogen and oxygen atoms in total. The Kier molecular flexibility index (Phi) is 9.67. The molecule has 0 aliphatic heterocycles. The lowest BCUT2D eigenvalue weighted by Crippen LogP contribution is -2.42. The summed E-state index contributed by atoms with van der Waals surface area (Å²) in [5.74, 6) is 2.29. The second-order valence-corrected chi connectivity index (χ2v) is 6.67. The van der Waals surface area contributed by atoms with E-state index in [0.29, 0.717) is 31.3 Å². The van der Waals surface area contributed by atoms with Crippen molar-refractivity contribution in [1.29, 1.82) is 0 Å². The Labute approximate surface area is 135 Å². The number of carbonyl (C=O) groups is 1. The molecule has 0 atom stereocenters. The number of carbonyl (C=O) groups excluding carboxylic acids is 1. The van der Waals surface area contributed by atoms with Gasteiger partial charge in [0.25, 0.3) is 0 Å². The molecule has 0 saturated heterocycles. The molecule has 1 saturated carbocycles. The summed E-state index contributed by atoms with van der Waals surface area (Å²) in [6.07, 6.45) is 8.18. The molecular weight excluding hydrogens is 276 g/mol. The van der Waals surface area contributed by atoms with Gasteiger partial charge in [-0.1, -0.05) is 33.1 Å². The van der Waals surface area contributed by atoms with Crippen molar-refractivity contribution in [3.05, 3.63) is 0 Å². The molecule has 1 aliphatic rings. The first-order valence-corrected chi connectivity index (χ1v) is 8.83. The summed E-state index contributed by atoms with van der Waals surface area (Å²) in [7, 11) is 1.77. The van der Waals surface area contributed by atoms with Gasteiger partial charge in [0.1, 0.15) is 0 Å². The summed E-state index contributed by atoms with van der Waals surface area (Å²) in [5.41, 5.74) is 0. The molecule has 0 aromatic heterocycles. The highest BCUT2D eigenvalue weighted by Gasteiger charge is 2.16. The Morgan fingerprint density at radius 2 is 1.68 bits per heavy atom. The lowest BCUT2D eigenvalue weighted by molar-refractivity contribution is -0.122. The van der Waals surface area contributed by atoms with Crippen molar-refractivity contribution in [3.8, 4) is 0 Å². The van der Waals surface area contributed by atoms with Gasteiger partial charge in [0.15, 0.2) is 5.96 Å². The topological polar surface area (TPSA) is 65.5 Å². The first kappa shape index (κ1) is 18.8. The second-order valence-electron chi connectivity index (χ2n) is 6.67. The summed E-state index contributed by atoms with van der Waals surface area (Å²) >= 11 is 0. The SMILES string of the molecule is CN=C(NCCNC(=O)CC1CCCCC1)NCCC(C)C. The van der Waals surface area contributed by atoms with Crippen LogP contribution >= 0.6 is 0 Å². The fourth-order valence-corrected chi connectivity index (χ4v) is 2.81. The number of nitrogens with one attached hydrogen (secondary N) is 3. The lowest BCUT2D eigenvalue weighted by atomic mass is 9.87. The molecule has 0 unspecified atom stereocenters. The maximum atomic E-state index is 11.9. The Bertz CT molecular complexity index is 336. The van der Waals surface area contributed by atoms with E-state index in [2.05, 4.69) is 34.8 Å². The van der Waals surface area contributed by atoms with Crippen LogP contribution in [0.4, 0.5) is 0 Å². The molecule has 0 bridgehead atoms. The summed E-state index contributed by atoms with van der Waals surface area (Å²) in [4.78, 5) is 16.1. The molecule has 0 aromatic carbocycles. The van der Waals surface area contributed by atoms with E-state index in [-0.39, 0.29) is 5.91 Å². The van der Waals surface area contributed by atoms with Gasteiger partial charge in [0.2, 0.25) is 5.91 Å². The van der Waals surface area contributed by atoms with Crippen LogP contribution in [0.1, 0.15) is 58.8 Å². The zero-order valence-corrected chi connectivity index (χ0v) is 14.6. The number of aliphatic imine (C=N–C) groups is 1. The summed E-state index contributed by atoms with van der Waals surface area (Å²) in [5, 5.41) is 9.51. The Hall–Kier alpha value is -1.26. The first-order chi connectivity index (χ1) is 10.6. The maximum absolute atomic E-state index is 11.9. The van der Waals surface area contributed by atoms with Crippen LogP contribution in [-0.2, 0) is 4.79 Å². The molecule has 0 aromatic rings. The van der Waals surface area contributed by atoms with Gasteiger partial charge in [-0.3, -0.25) is 9.79 Å². The monoisotopic (exact) mass is 310 g/mol. The van der Waals surface area contributed by atoms with Gasteiger partial charge in [-0.25, -0.2) is 0 Å². The van der Waals surface area contributed by atoms with Gasteiger partial charge < -0.3 is 16.0 Å². The molecular formula is C17H34N4O. The van der Waals surface area contributed by atoms with Crippen LogP contribution in [0.3, 0.4) is 0 Å². The highest BCUT2D eigenvalue weighted by Crippen LogP contribution is 2.25. The van der Waals surface area contributed by atoms with Crippen molar-refractivity contribution in [3.63, 3.8) is 0 Å². The van der Waals surface area contributed by atoms with Crippen molar-refractivity contribution >= 4 is 11.9 Å². The molecule has 1 aliphatic carbocycles. The number of guanidine groups is 1. The van der Waals surface area contributed by atoms with Crippen LogP contribution in [0.25, 0.3) is 0 Å². The van der Waals surface area contributed by atoms with E-state index in [1.54, 1.807) is 7.05 Å². The van der Waals surface area contributed by atoms with E-state index in [1.165, 1.54) is 32.1 Å². The minimum Gasteiger partial charge on any atom is -0.356 e. The maximum Gasteiger partial charge on any atom is 0.220 e. The minimum absolute atomic E-state index is 0.191. The van der Waals surface area contributed by atoms with E-state index in [1.807, 2.05) is 0 Å². The fraction of sp³-hybridized carbons (Fsp3) is 0.882. The molecule has 22 heavy (non-hydrogen) atoms. The van der Waals surface area contributed by atoms with Crippen LogP contribution < -0.4 is 16.0 Å². The van der Waals surface area contributed by atoms with Gasteiger partial charge in [-0.2, -0.15) is 0 Å². The summed E-state index contributed by atoms with van der Waals surface area (Å²) in [6, 6.07) is 0. The first-order valence-electron chi connectivity index (χ1n) is 8.83. The highest BCUT2D eigenvalue weighted by atomic mass is 16.1. The molecule has 0 heterocycles. The van der Waals surface area contributed by atoms with E-state index >= 15 is 0 Å². The quantitative estimate of drug-likeness (QED) is 0.366. The van der Waals surface area contributed by atoms with Gasteiger partial charge in [-0.15, -0.1) is 0 Å². The summed E-state index contributed by atoms with van der Waals surface area (Å²) in [6.45, 7) is 6.69. The van der Waals surface area contributed by atoms with Crippen molar-refractivity contribution in [2.75, 3.05) is 26.7 Å². The number of nitrogens with zero attached hydrogens (tertiary/aromatic N) is 1. The van der Waals surface area contributed by atoms with E-state index in [0.717, 1.165) is 18.9 Å². The third kappa shape index (κ3) is 8.90. The smallest absolute Gasteiger partial charge is 0.220 e. The molecule has 1 fully saturated rings. The standard InChI is InChI=1S/C17H34N4O/c1-14(2)9-10-20-17(18-3)21-12-11-19-16(22)13-15-7-5-4-6-8-15/h14-15H,4-13H2,1-3H3,(H,19,22)(H2,18,20,21). The zero-order valence-electron chi connectivity index (χ0n) is 14.6. The number of rotatable bonds is 8. The van der Waals surface area contributed by atoms with Crippen LogP contribution in [0.5, 0.6) is 0 Å². The Balaban J connectivity index is 2.06. The number of hydrogen-bond acceptors (Lipinski definition) is 2. The number of hydrogen-bond donors (Lipinski definition) is 3. The van der Waals surface area contributed by atoms with Crippen molar-refractivity contribution in [2.24, 2.45) is 16.8 Å². The van der Waals surface area contributed by atoms with Gasteiger partial charge in [0.05, 0.1) is 0 Å². The predicted molar refractivity (Wildman–Crippen MR) is 93.0 cm³/mol. The lowest BCUT2D eigenvalue weighted by Gasteiger charge is -2.20. The molecule has 0 spiro atoms. The molecule has 128 valence electrons. The van der Waals surface area contributed by atoms with Gasteiger partial charge in [0, 0.05) is 33.1 Å². The molecule has 5 heteroatoms. The fourth-order valence-electron chi connectivity index (χ4n) is 2.81. The Morgan fingerprint density at radius 3 is 2.32 bits per heavy atom. The normalized spacial score (nSPS) is 16.6. The third-order valence-electron chi connectivity index (χ3n) is 4.18. The average molecular weight is 310 g/mol. The van der Waals surface area contributed by atoms with Crippen LogP contribution in [0.2, 0.25) is 0 Å². The average Bonchev–Trinajstić information content (AvgIpc) is 2.50. The predicted octanol–water partition coefficient (Wildman–Crippen LogP) is 2.28. The minimum atomic E-state index is 0.191. The van der Waals surface area contributed by atoms with E-state index < -0.39 is 0 Å². The van der Waals surface area contributed by atoms with E-state index in [9.17, 15) is 4.79 Å². The van der Waals surface area contributed by atoms with Crippen LogP contribution in [-0.4, -0.2) is 38.5 Å². The van der Waals surface area contributed by atoms with Crippen molar-refractivity contribution in [1.82, 2.24) is 16.0 Å².